The molecule has 1 saturated heterocycles. The van der Waals surface area contributed by atoms with Crippen LogP contribution in [0, 0.1) is 26.7 Å². The summed E-state index contributed by atoms with van der Waals surface area (Å²) in [6.07, 6.45) is 0.803. The summed E-state index contributed by atoms with van der Waals surface area (Å²) in [4.78, 5) is 0. The molecule has 0 bridgehead atoms. The first kappa shape index (κ1) is 12.6. The molecule has 0 amide bonds. The second kappa shape index (κ2) is 4.43. The van der Waals surface area contributed by atoms with Gasteiger partial charge in [-0.15, -0.1) is 0 Å². The molecule has 94 valence electrons. The van der Waals surface area contributed by atoms with Gasteiger partial charge in [-0.25, -0.2) is 0 Å². The van der Waals surface area contributed by atoms with E-state index in [0.717, 1.165) is 25.1 Å². The Labute approximate surface area is 104 Å². The highest BCUT2D eigenvalue weighted by Crippen LogP contribution is 2.37. The summed E-state index contributed by atoms with van der Waals surface area (Å²) in [5, 5.41) is 14.3. The first-order valence-corrected chi connectivity index (χ1v) is 6.46. The molecule has 1 heterocycles. The summed E-state index contributed by atoms with van der Waals surface area (Å²) in [6.45, 7) is 10.3. The second-order valence-electron chi connectivity index (χ2n) is 5.53. The van der Waals surface area contributed by atoms with Crippen molar-refractivity contribution in [1.82, 2.24) is 5.32 Å². The van der Waals surface area contributed by atoms with Crippen LogP contribution >= 0.6 is 0 Å². The van der Waals surface area contributed by atoms with E-state index in [1.807, 2.05) is 0 Å². The van der Waals surface area contributed by atoms with Crippen LogP contribution in [0.15, 0.2) is 12.1 Å². The highest BCUT2D eigenvalue weighted by atomic mass is 16.3. The zero-order valence-corrected chi connectivity index (χ0v) is 11.3. The van der Waals surface area contributed by atoms with Gasteiger partial charge in [0.25, 0.3) is 0 Å². The Hall–Kier alpha value is -0.860. The largest absolute Gasteiger partial charge is 0.385 e. The van der Waals surface area contributed by atoms with Crippen molar-refractivity contribution in [2.24, 2.45) is 5.92 Å². The van der Waals surface area contributed by atoms with Gasteiger partial charge in [-0.3, -0.25) is 0 Å². The number of aliphatic hydroxyl groups is 1. The fourth-order valence-corrected chi connectivity index (χ4v) is 2.84. The van der Waals surface area contributed by atoms with E-state index in [4.69, 9.17) is 0 Å². The minimum atomic E-state index is -0.659. The third-order valence-electron chi connectivity index (χ3n) is 4.26. The molecule has 2 unspecified atom stereocenters. The first-order chi connectivity index (χ1) is 7.95. The topological polar surface area (TPSA) is 32.3 Å². The van der Waals surface area contributed by atoms with E-state index >= 15 is 0 Å². The van der Waals surface area contributed by atoms with Crippen LogP contribution < -0.4 is 5.32 Å². The molecule has 0 spiro atoms. The zero-order chi connectivity index (χ0) is 12.6. The van der Waals surface area contributed by atoms with Crippen molar-refractivity contribution >= 4 is 0 Å². The minimum Gasteiger partial charge on any atom is -0.385 e. The number of rotatable bonds is 1. The summed E-state index contributed by atoms with van der Waals surface area (Å²) in [6, 6.07) is 4.36. The van der Waals surface area contributed by atoms with Crippen molar-refractivity contribution in [2.75, 3.05) is 13.1 Å². The van der Waals surface area contributed by atoms with Crippen molar-refractivity contribution in [3.05, 3.63) is 34.4 Å². The van der Waals surface area contributed by atoms with E-state index in [1.54, 1.807) is 0 Å². The quantitative estimate of drug-likeness (QED) is 0.781. The molecular weight excluding hydrogens is 210 g/mol. The SMILES string of the molecule is Cc1cc(C)c(C2(O)CCNCC2C)cc1C. The number of hydrogen-bond donors (Lipinski definition) is 2. The van der Waals surface area contributed by atoms with E-state index in [9.17, 15) is 5.11 Å². The second-order valence-corrected chi connectivity index (χ2v) is 5.53. The van der Waals surface area contributed by atoms with E-state index < -0.39 is 5.60 Å². The molecule has 2 heteroatoms. The summed E-state index contributed by atoms with van der Waals surface area (Å²) < 4.78 is 0. The predicted molar refractivity (Wildman–Crippen MR) is 71.2 cm³/mol. The van der Waals surface area contributed by atoms with E-state index in [2.05, 4.69) is 45.1 Å². The number of piperidine rings is 1. The van der Waals surface area contributed by atoms with E-state index in [-0.39, 0.29) is 5.92 Å². The highest BCUT2D eigenvalue weighted by Gasteiger charge is 2.38. The number of nitrogens with one attached hydrogen (secondary N) is 1. The van der Waals surface area contributed by atoms with Crippen LogP contribution in [0.5, 0.6) is 0 Å². The Morgan fingerprint density at radius 2 is 1.82 bits per heavy atom. The van der Waals surface area contributed by atoms with Crippen molar-refractivity contribution in [3.63, 3.8) is 0 Å². The Morgan fingerprint density at radius 3 is 2.47 bits per heavy atom. The van der Waals surface area contributed by atoms with Crippen LogP contribution in [0.1, 0.15) is 35.6 Å². The molecule has 1 aliphatic rings. The molecule has 0 saturated carbocycles. The minimum absolute atomic E-state index is 0.261. The predicted octanol–water partition coefficient (Wildman–Crippen LogP) is 2.43. The molecule has 1 aliphatic heterocycles. The van der Waals surface area contributed by atoms with Crippen molar-refractivity contribution in [1.29, 1.82) is 0 Å². The van der Waals surface area contributed by atoms with Crippen LogP contribution in [0.25, 0.3) is 0 Å². The summed E-state index contributed by atoms with van der Waals surface area (Å²) >= 11 is 0. The van der Waals surface area contributed by atoms with Gasteiger partial charge in [0, 0.05) is 12.5 Å². The van der Waals surface area contributed by atoms with Gasteiger partial charge in [0.1, 0.15) is 0 Å². The smallest absolute Gasteiger partial charge is 0.0948 e. The molecule has 1 aromatic rings. The van der Waals surface area contributed by atoms with Crippen LogP contribution in [-0.4, -0.2) is 18.2 Å². The molecule has 17 heavy (non-hydrogen) atoms. The Balaban J connectivity index is 2.48. The van der Waals surface area contributed by atoms with Gasteiger partial charge in [0.15, 0.2) is 0 Å². The molecule has 2 nitrogen and oxygen atoms in total. The summed E-state index contributed by atoms with van der Waals surface area (Å²) in [5.74, 6) is 0.261. The molecule has 0 aromatic heterocycles. The Morgan fingerprint density at radius 1 is 1.18 bits per heavy atom. The molecule has 0 aliphatic carbocycles. The molecule has 1 aromatic carbocycles. The van der Waals surface area contributed by atoms with Crippen LogP contribution in [0.3, 0.4) is 0 Å². The third kappa shape index (κ3) is 2.12. The maximum absolute atomic E-state index is 11.0. The van der Waals surface area contributed by atoms with E-state index in [0.29, 0.717) is 0 Å². The maximum atomic E-state index is 11.0. The standard InChI is InChI=1S/C15H23NO/c1-10-7-12(3)14(8-11(10)2)15(17)5-6-16-9-13(15)4/h7-8,13,16-17H,5-6,9H2,1-4H3. The molecular formula is C15H23NO. The fourth-order valence-electron chi connectivity index (χ4n) is 2.84. The lowest BCUT2D eigenvalue weighted by atomic mass is 9.75. The van der Waals surface area contributed by atoms with Crippen molar-refractivity contribution in [3.8, 4) is 0 Å². The number of aryl methyl sites for hydroxylation is 3. The highest BCUT2D eigenvalue weighted by molar-refractivity contribution is 5.40. The Bertz CT molecular complexity index is 427. The fraction of sp³-hybridized carbons (Fsp3) is 0.600. The first-order valence-electron chi connectivity index (χ1n) is 6.46. The summed E-state index contributed by atoms with van der Waals surface area (Å²) in [7, 11) is 0. The van der Waals surface area contributed by atoms with Gasteiger partial charge in [-0.2, -0.15) is 0 Å². The van der Waals surface area contributed by atoms with Crippen LogP contribution in [0.4, 0.5) is 0 Å². The lowest BCUT2D eigenvalue weighted by Crippen LogP contribution is -2.47. The molecule has 2 rings (SSSR count). The van der Waals surface area contributed by atoms with Gasteiger partial charge < -0.3 is 10.4 Å². The van der Waals surface area contributed by atoms with Gasteiger partial charge in [0.2, 0.25) is 0 Å². The third-order valence-corrected chi connectivity index (χ3v) is 4.26. The normalized spacial score (nSPS) is 29.4. The number of benzene rings is 1. The lowest BCUT2D eigenvalue weighted by molar-refractivity contribution is -0.0397. The monoisotopic (exact) mass is 233 g/mol. The van der Waals surface area contributed by atoms with Gasteiger partial charge in [-0.1, -0.05) is 19.1 Å². The van der Waals surface area contributed by atoms with Crippen LogP contribution in [-0.2, 0) is 5.60 Å². The van der Waals surface area contributed by atoms with Gasteiger partial charge in [-0.05, 0) is 56.0 Å². The molecule has 1 fully saturated rings. The average Bonchev–Trinajstić information content (AvgIpc) is 2.27. The molecule has 0 radical (unpaired) electrons. The van der Waals surface area contributed by atoms with Gasteiger partial charge >= 0.3 is 0 Å². The lowest BCUT2D eigenvalue weighted by Gasteiger charge is -2.40. The van der Waals surface area contributed by atoms with Gasteiger partial charge in [0.05, 0.1) is 5.60 Å². The maximum Gasteiger partial charge on any atom is 0.0948 e. The summed E-state index contributed by atoms with van der Waals surface area (Å²) in [5.41, 5.74) is 4.24. The zero-order valence-electron chi connectivity index (χ0n) is 11.3. The van der Waals surface area contributed by atoms with E-state index in [1.165, 1.54) is 16.7 Å². The van der Waals surface area contributed by atoms with Crippen molar-refractivity contribution < 1.29 is 5.11 Å². The van der Waals surface area contributed by atoms with Crippen molar-refractivity contribution in [2.45, 2.75) is 39.7 Å². The van der Waals surface area contributed by atoms with Crippen LogP contribution in [0.2, 0.25) is 0 Å². The average molecular weight is 233 g/mol. The molecule has 2 atom stereocenters. The Kier molecular flexibility index (Phi) is 3.28. The molecule has 2 N–H and O–H groups in total. The number of hydrogen-bond acceptors (Lipinski definition) is 2.